The molecule has 21 aromatic rings. The van der Waals surface area contributed by atoms with Crippen LogP contribution in [0.5, 0.6) is 0 Å². The van der Waals surface area contributed by atoms with Gasteiger partial charge in [0.25, 0.3) is 0 Å². The predicted molar refractivity (Wildman–Crippen MR) is 410 cm³/mol. The number of hydrogen-bond acceptors (Lipinski definition) is 4. The Morgan fingerprint density at radius 2 is 0.327 bits per heavy atom. The van der Waals surface area contributed by atoms with Gasteiger partial charge in [0.2, 0.25) is 0 Å². The van der Waals surface area contributed by atoms with E-state index in [9.17, 15) is 28.8 Å². The summed E-state index contributed by atoms with van der Waals surface area (Å²) in [6.07, 6.45) is 0. The molecule has 0 saturated carbocycles. The Morgan fingerprint density at radius 1 is 0.143 bits per heavy atom. The molecule has 0 atom stereocenters. The summed E-state index contributed by atoms with van der Waals surface area (Å²) in [7, 11) is 0. The fourth-order valence-electron chi connectivity index (χ4n) is 12.0. The van der Waals surface area contributed by atoms with E-state index in [0.29, 0.717) is 0 Å². The zero-order chi connectivity index (χ0) is 113. The Bertz CT molecular complexity index is 9810. The molecule has 4 heteroatoms. The summed E-state index contributed by atoms with van der Waals surface area (Å²) in [4.78, 5) is 0. The molecule has 0 radical (unpaired) electrons. The minimum atomic E-state index is -1.11. The first kappa shape index (κ1) is 23.4. The normalized spacial score (nSPS) is 19.9. The quantitative estimate of drug-likeness (QED) is 0.149. The third kappa shape index (κ3) is 8.71. The first-order chi connectivity index (χ1) is 71.9. The molecule has 0 N–H and O–H groups in total. The summed E-state index contributed by atoms with van der Waals surface area (Å²) in [5.74, 6) is 0. The SMILES string of the molecule is [2H]c1c([2H])c(-c2c3c([2H])c([2H])c([2H])c([2H])c3c(-c3c([2H])c([2H])c(-c4c([2H])c([2H])c([2H])c5c4oc4c([2H])c([2H])c([2H])c([2H])c45)c([2H])c3[2H])c3c([2H])c([2H])c([2H])c([2H])c23)c([2H])c([2H])c1-c1c([2H])c([2H])c([2H])c2c1oc1c([2H])c([2H])c([2H])c([2H])c12.[2H]c1c([2H])c(-c2c3c([2H])c([2H])c([2H])c([2H])c3c(-c3c([2H])c([2H])c([2H])c4c3oc3c([2H])c([2H])c([2H])c([2H])c34)c3c([2H])c([2H])c([2H])c([2H])c23)c([2H])c([2H])c1-c1c([2H])c([2H])c([2H])c2c1oc1c([2H])c([2H])c([2H])c([2H])c12. The van der Waals surface area contributed by atoms with Crippen LogP contribution in [-0.4, -0.2) is 0 Å². The van der Waals surface area contributed by atoms with Gasteiger partial charge in [-0.1, -0.05) is 314 Å². The van der Waals surface area contributed by atoms with Crippen LogP contribution in [-0.2, 0) is 0 Å². The Hall–Kier alpha value is -13.0. The number of fused-ring (bicyclic) bond motifs is 16. The van der Waals surface area contributed by atoms with Crippen molar-refractivity contribution in [3.8, 4) is 77.9 Å². The van der Waals surface area contributed by atoms with E-state index in [1.807, 2.05) is 0 Å². The maximum atomic E-state index is 9.63. The van der Waals surface area contributed by atoms with E-state index < -0.39 is 542 Å². The maximum Gasteiger partial charge on any atom is 0.143 e. The van der Waals surface area contributed by atoms with Crippen LogP contribution in [0.4, 0.5) is 0 Å². The number of furan rings is 4. The molecule has 0 aliphatic carbocycles. The van der Waals surface area contributed by atoms with E-state index in [1.165, 1.54) is 0 Å². The van der Waals surface area contributed by atoms with Gasteiger partial charge >= 0.3 is 0 Å². The van der Waals surface area contributed by atoms with E-state index in [0.717, 1.165) is 0 Å². The van der Waals surface area contributed by atoms with Crippen molar-refractivity contribution in [2.45, 2.75) is 0 Å². The fourth-order valence-corrected chi connectivity index (χ4v) is 12.0. The second-order valence-corrected chi connectivity index (χ2v) is 21.3. The van der Waals surface area contributed by atoms with E-state index in [4.69, 9.17) is 65.6 Å². The molecule has 17 aromatic carbocycles. The number of hydrogen-bond donors (Lipinski definition) is 0. The zero-order valence-corrected chi connectivity index (χ0v) is 48.6. The lowest BCUT2D eigenvalue weighted by Gasteiger charge is -2.18. The third-order valence-corrected chi connectivity index (χ3v) is 16.1. The summed E-state index contributed by atoms with van der Waals surface area (Å²) in [5, 5.41) is -9.40. The van der Waals surface area contributed by atoms with Crippen LogP contribution in [0.1, 0.15) is 76.8 Å². The highest BCUT2D eigenvalue weighted by molar-refractivity contribution is 6.25. The monoisotopic (exact) mass is 1300 g/mol. The minimum Gasteiger partial charge on any atom is -0.455 e. The molecule has 4 aromatic heterocycles. The van der Waals surface area contributed by atoms with E-state index in [2.05, 4.69) is 0 Å². The van der Waals surface area contributed by atoms with Gasteiger partial charge in [-0.15, -0.1) is 0 Å². The van der Waals surface area contributed by atoms with Crippen LogP contribution in [0.2, 0.25) is 0 Å². The van der Waals surface area contributed by atoms with Crippen molar-refractivity contribution >= 4 is 131 Å². The Morgan fingerprint density at radius 3 is 0.582 bits per heavy atom. The first-order valence-electron chi connectivity index (χ1n) is 56.9. The molecule has 21 rings (SSSR count). The van der Waals surface area contributed by atoms with Crippen molar-refractivity contribution in [1.29, 1.82) is 0 Å². The van der Waals surface area contributed by atoms with Crippen LogP contribution in [0.3, 0.4) is 0 Å². The van der Waals surface area contributed by atoms with Crippen molar-refractivity contribution in [2.75, 3.05) is 0 Å². The average molecular weight is 1310 g/mol. The molecule has 456 valence electrons. The molecule has 4 heterocycles. The van der Waals surface area contributed by atoms with Crippen molar-refractivity contribution in [3.63, 3.8) is 0 Å². The highest BCUT2D eigenvalue weighted by Gasteiger charge is 2.23. The summed E-state index contributed by atoms with van der Waals surface area (Å²) >= 11 is 0. The van der Waals surface area contributed by atoms with Crippen LogP contribution in [0.25, 0.3) is 209 Å². The standard InChI is InChI=1S/C50H30O2.C44H26O2/c1-2-14-40-39(13-1)47(33-27-23-31(24-28-33)35-17-9-19-43-37-11-5-7-21-45(37)51-49(35)43)41-15-3-4-16-42(41)48(40)34-29-25-32(26-30-34)36-18-10-20-44-38-12-6-8-22-46(38)52-50(36)44;1-3-15-34-32(13-1)41(28-25-23-27(24-26-28)29-17-9-18-36-30-11-5-7-21-39(30)45-43(29)36)33-14-2-4-16-35(33)42(34)38-20-10-19-37-31-12-6-8-22-40(31)46-44(37)38/h1-30H;1-26H/i1D,2D,3D,4D,5D,6D,7D,8D,9D,10D,11D,12D,13D,14D,15D,16D,17D,18D,19D,20D,21D,22D,23D,24D,25D,26D,27D,28D,29D,30D;1D,2D,3D,4D,5D,6D,7D,8D,9D,10D,11D,12D,13D,14D,15D,16D,17D,18D,19D,20D,21D,22D,23D,24D,25D,26D. The van der Waals surface area contributed by atoms with Gasteiger partial charge in [-0.3, -0.25) is 0 Å². The second kappa shape index (κ2) is 22.3. The van der Waals surface area contributed by atoms with Crippen molar-refractivity contribution in [3.05, 3.63) is 338 Å². The third-order valence-electron chi connectivity index (χ3n) is 16.1. The Labute approximate surface area is 641 Å². The van der Waals surface area contributed by atoms with Gasteiger partial charge in [-0.2, -0.15) is 0 Å². The van der Waals surface area contributed by atoms with Gasteiger partial charge in [-0.25, -0.2) is 0 Å². The van der Waals surface area contributed by atoms with Gasteiger partial charge in [0, 0.05) is 70.9 Å². The number of para-hydroxylation sites is 8. The summed E-state index contributed by atoms with van der Waals surface area (Å²) in [6.45, 7) is 0. The fraction of sp³-hybridized carbons (Fsp3) is 0. The molecular formula is C94H56O4. The van der Waals surface area contributed by atoms with Crippen molar-refractivity contribution in [2.24, 2.45) is 0 Å². The lowest BCUT2D eigenvalue weighted by Crippen LogP contribution is -1.91. The molecule has 0 fully saturated rings. The predicted octanol–water partition coefficient (Wildman–Crippen LogP) is 27.3. The Kier molecular flexibility index (Phi) is 5.33. The summed E-state index contributed by atoms with van der Waals surface area (Å²) in [5.41, 5.74) is -15.2. The van der Waals surface area contributed by atoms with Crippen LogP contribution >= 0.6 is 0 Å². The molecule has 98 heavy (non-hydrogen) atoms. The molecule has 0 amide bonds. The van der Waals surface area contributed by atoms with Crippen molar-refractivity contribution < 1.29 is 94.4 Å². The molecule has 0 aliphatic rings. The molecular weight excluding hydrogens is 1190 g/mol. The van der Waals surface area contributed by atoms with Gasteiger partial charge in [-0.05, 0) is 117 Å². The highest BCUT2D eigenvalue weighted by Crippen LogP contribution is 2.49. The first-order valence-corrected chi connectivity index (χ1v) is 28.9. The number of benzene rings is 17. The van der Waals surface area contributed by atoms with Gasteiger partial charge in [0.05, 0.1) is 76.8 Å². The summed E-state index contributed by atoms with van der Waals surface area (Å²) in [6, 6.07) is -51.1. The van der Waals surface area contributed by atoms with E-state index in [1.54, 1.807) is 0 Å². The maximum absolute atomic E-state index is 9.63. The Balaban J connectivity index is 0.000000187. The molecule has 0 saturated heterocycles. The van der Waals surface area contributed by atoms with Crippen LogP contribution in [0.15, 0.2) is 356 Å². The minimum absolute atomic E-state index is 0.378. The molecule has 0 unspecified atom stereocenters. The van der Waals surface area contributed by atoms with E-state index in [-0.39, 0.29) is 5.39 Å². The lowest BCUT2D eigenvalue weighted by atomic mass is 9.85. The second-order valence-electron chi connectivity index (χ2n) is 21.3. The molecule has 0 bridgehead atoms. The van der Waals surface area contributed by atoms with Gasteiger partial charge in [0.15, 0.2) is 0 Å². The van der Waals surface area contributed by atoms with Crippen LogP contribution < -0.4 is 0 Å². The highest BCUT2D eigenvalue weighted by atomic mass is 16.3. The number of rotatable bonds is 7. The molecule has 0 spiro atoms. The van der Waals surface area contributed by atoms with Crippen molar-refractivity contribution in [1.82, 2.24) is 0 Å². The van der Waals surface area contributed by atoms with Gasteiger partial charge < -0.3 is 17.7 Å². The lowest BCUT2D eigenvalue weighted by molar-refractivity contribution is 0.669. The smallest absolute Gasteiger partial charge is 0.143 e. The topological polar surface area (TPSA) is 52.6 Å². The largest absolute Gasteiger partial charge is 0.455 e. The molecule has 0 aliphatic heterocycles. The summed E-state index contributed by atoms with van der Waals surface area (Å²) < 4.78 is 526. The average Bonchev–Trinajstić information content (AvgIpc) is 0.702. The van der Waals surface area contributed by atoms with Gasteiger partial charge in [0.1, 0.15) is 44.7 Å². The van der Waals surface area contributed by atoms with Crippen LogP contribution in [0, 0.1) is 0 Å². The molecule has 4 nitrogen and oxygen atoms in total. The van der Waals surface area contributed by atoms with E-state index >= 15 is 0 Å². The zero-order valence-electron chi connectivity index (χ0n) is 105.